The normalized spacial score (nSPS) is 10.9. The van der Waals surface area contributed by atoms with Crippen LogP contribution >= 0.6 is 0 Å². The van der Waals surface area contributed by atoms with Crippen molar-refractivity contribution in [3.63, 3.8) is 0 Å². The van der Waals surface area contributed by atoms with E-state index in [4.69, 9.17) is 4.74 Å². The Kier molecular flexibility index (Phi) is 5.12. The monoisotopic (exact) mass is 382 g/mol. The minimum Gasteiger partial charge on any atom is -0.483 e. The van der Waals surface area contributed by atoms with Crippen LogP contribution in [0.25, 0.3) is 11.1 Å². The van der Waals surface area contributed by atoms with E-state index in [0.29, 0.717) is 17.7 Å². The summed E-state index contributed by atoms with van der Waals surface area (Å²) in [5, 5.41) is 0. The highest BCUT2D eigenvalue weighted by molar-refractivity contribution is 5.65. The van der Waals surface area contributed by atoms with Gasteiger partial charge in [-0.25, -0.2) is 26.3 Å². The summed E-state index contributed by atoms with van der Waals surface area (Å²) in [5.41, 5.74) is 0.469. The van der Waals surface area contributed by atoms with Crippen molar-refractivity contribution in [3.8, 4) is 16.9 Å². The van der Waals surface area contributed by atoms with Gasteiger partial charge in [-0.15, -0.1) is 0 Å². The molecule has 3 aromatic carbocycles. The SMILES string of the molecule is Cc1ccc(-c2cc(F)c(OCc3cc(F)c(F)c(F)c3)c(F)c2)c(F)c1. The average Bonchev–Trinajstić information content (AvgIpc) is 2.58. The van der Waals surface area contributed by atoms with Gasteiger partial charge in [0.25, 0.3) is 0 Å². The Bertz CT molecular complexity index is 969. The molecular weight excluding hydrogens is 370 g/mol. The van der Waals surface area contributed by atoms with Crippen LogP contribution in [0.2, 0.25) is 0 Å². The zero-order chi connectivity index (χ0) is 19.7. The summed E-state index contributed by atoms with van der Waals surface area (Å²) in [6, 6.07) is 7.30. The fourth-order valence-electron chi connectivity index (χ4n) is 2.55. The van der Waals surface area contributed by atoms with Crippen molar-refractivity contribution in [2.45, 2.75) is 13.5 Å². The Hall–Kier alpha value is -2.96. The highest BCUT2D eigenvalue weighted by atomic mass is 19.2. The van der Waals surface area contributed by atoms with E-state index in [1.807, 2.05) is 0 Å². The molecule has 3 rings (SSSR count). The predicted molar refractivity (Wildman–Crippen MR) is 87.1 cm³/mol. The van der Waals surface area contributed by atoms with Gasteiger partial charge in [0.1, 0.15) is 12.4 Å². The molecule has 3 aromatic rings. The maximum Gasteiger partial charge on any atom is 0.194 e. The molecule has 0 bridgehead atoms. The lowest BCUT2D eigenvalue weighted by molar-refractivity contribution is 0.272. The number of benzene rings is 3. The molecule has 0 fully saturated rings. The molecule has 140 valence electrons. The van der Waals surface area contributed by atoms with Gasteiger partial charge in [0.15, 0.2) is 34.8 Å². The van der Waals surface area contributed by atoms with Gasteiger partial charge in [0, 0.05) is 5.56 Å². The highest BCUT2D eigenvalue weighted by Gasteiger charge is 2.17. The van der Waals surface area contributed by atoms with E-state index in [1.165, 1.54) is 12.1 Å². The molecular formula is C20H12F6O. The molecule has 0 spiro atoms. The van der Waals surface area contributed by atoms with Crippen molar-refractivity contribution < 1.29 is 31.1 Å². The Labute approximate surface area is 150 Å². The second-order valence-electron chi connectivity index (χ2n) is 5.91. The van der Waals surface area contributed by atoms with E-state index in [2.05, 4.69) is 0 Å². The molecule has 7 heteroatoms. The molecule has 0 atom stereocenters. The van der Waals surface area contributed by atoms with E-state index in [-0.39, 0.29) is 16.7 Å². The maximum atomic E-state index is 14.2. The highest BCUT2D eigenvalue weighted by Crippen LogP contribution is 2.31. The van der Waals surface area contributed by atoms with Crippen LogP contribution in [-0.2, 0) is 6.61 Å². The minimum atomic E-state index is -1.65. The summed E-state index contributed by atoms with van der Waals surface area (Å²) in [5.74, 6) is -8.21. The number of ether oxygens (including phenoxy) is 1. The van der Waals surface area contributed by atoms with Gasteiger partial charge in [-0.05, 0) is 53.9 Å². The second-order valence-corrected chi connectivity index (χ2v) is 5.91. The lowest BCUT2D eigenvalue weighted by atomic mass is 10.0. The Balaban J connectivity index is 1.87. The quantitative estimate of drug-likeness (QED) is 0.393. The fourth-order valence-corrected chi connectivity index (χ4v) is 2.55. The van der Waals surface area contributed by atoms with Gasteiger partial charge >= 0.3 is 0 Å². The van der Waals surface area contributed by atoms with Crippen LogP contribution in [0.5, 0.6) is 5.75 Å². The lowest BCUT2D eigenvalue weighted by Gasteiger charge is -2.11. The van der Waals surface area contributed by atoms with Gasteiger partial charge in [-0.1, -0.05) is 12.1 Å². The van der Waals surface area contributed by atoms with Crippen LogP contribution in [0.15, 0.2) is 42.5 Å². The summed E-state index contributed by atoms with van der Waals surface area (Å²) in [6.45, 7) is 1.08. The molecule has 0 aliphatic rings. The van der Waals surface area contributed by atoms with Gasteiger partial charge in [-0.2, -0.15) is 0 Å². The molecule has 0 N–H and O–H groups in total. The van der Waals surface area contributed by atoms with Crippen LogP contribution in [-0.4, -0.2) is 0 Å². The summed E-state index contributed by atoms with van der Waals surface area (Å²) < 4.78 is 86.7. The third kappa shape index (κ3) is 3.92. The first kappa shape index (κ1) is 18.8. The third-order valence-corrected chi connectivity index (χ3v) is 3.86. The zero-order valence-electron chi connectivity index (χ0n) is 13.9. The van der Waals surface area contributed by atoms with Crippen molar-refractivity contribution >= 4 is 0 Å². The fraction of sp³-hybridized carbons (Fsp3) is 0.100. The number of hydrogen-bond acceptors (Lipinski definition) is 1. The average molecular weight is 382 g/mol. The standard InChI is InChI=1S/C20H12F6O/c1-10-2-3-13(14(21)4-10)12-7-17(24)20(18(25)8-12)27-9-11-5-15(22)19(26)16(23)6-11/h2-8H,9H2,1H3. The molecule has 0 radical (unpaired) electrons. The number of aryl methyl sites for hydroxylation is 1. The first-order valence-electron chi connectivity index (χ1n) is 7.78. The number of hydrogen-bond donors (Lipinski definition) is 0. The minimum absolute atomic E-state index is 0.00706. The molecule has 0 aliphatic heterocycles. The second kappa shape index (κ2) is 7.34. The van der Waals surface area contributed by atoms with Crippen molar-refractivity contribution in [1.29, 1.82) is 0 Å². The van der Waals surface area contributed by atoms with Crippen molar-refractivity contribution in [2.75, 3.05) is 0 Å². The summed E-state index contributed by atoms with van der Waals surface area (Å²) in [6.07, 6.45) is 0. The van der Waals surface area contributed by atoms with Crippen LogP contribution in [0.3, 0.4) is 0 Å². The lowest BCUT2D eigenvalue weighted by Crippen LogP contribution is -2.03. The maximum absolute atomic E-state index is 14.2. The zero-order valence-corrected chi connectivity index (χ0v) is 13.9. The third-order valence-electron chi connectivity index (χ3n) is 3.86. The number of rotatable bonds is 4. The molecule has 1 nitrogen and oxygen atoms in total. The molecule has 0 amide bonds. The van der Waals surface area contributed by atoms with Crippen LogP contribution in [0, 0.1) is 41.8 Å². The van der Waals surface area contributed by atoms with Gasteiger partial charge in [-0.3, -0.25) is 0 Å². The largest absolute Gasteiger partial charge is 0.483 e. The molecule has 0 heterocycles. The van der Waals surface area contributed by atoms with E-state index in [1.54, 1.807) is 13.0 Å². The first-order chi connectivity index (χ1) is 12.8. The molecule has 0 unspecified atom stereocenters. The molecule has 27 heavy (non-hydrogen) atoms. The van der Waals surface area contributed by atoms with Crippen molar-refractivity contribution in [1.82, 2.24) is 0 Å². The molecule has 0 aliphatic carbocycles. The van der Waals surface area contributed by atoms with E-state index in [0.717, 1.165) is 12.1 Å². The van der Waals surface area contributed by atoms with E-state index < -0.39 is 47.3 Å². The molecule has 0 aromatic heterocycles. The Morgan fingerprint density at radius 1 is 0.704 bits per heavy atom. The van der Waals surface area contributed by atoms with E-state index >= 15 is 0 Å². The topological polar surface area (TPSA) is 9.23 Å². The van der Waals surface area contributed by atoms with Gasteiger partial charge < -0.3 is 4.74 Å². The van der Waals surface area contributed by atoms with Crippen molar-refractivity contribution in [2.24, 2.45) is 0 Å². The van der Waals surface area contributed by atoms with Crippen molar-refractivity contribution in [3.05, 3.63) is 88.5 Å². The Morgan fingerprint density at radius 3 is 1.85 bits per heavy atom. The summed E-state index contributed by atoms with van der Waals surface area (Å²) in [4.78, 5) is 0. The van der Waals surface area contributed by atoms with Gasteiger partial charge in [0.2, 0.25) is 0 Å². The van der Waals surface area contributed by atoms with Crippen LogP contribution in [0.4, 0.5) is 26.3 Å². The van der Waals surface area contributed by atoms with Crippen LogP contribution < -0.4 is 4.74 Å². The molecule has 0 saturated heterocycles. The van der Waals surface area contributed by atoms with Crippen LogP contribution in [0.1, 0.15) is 11.1 Å². The first-order valence-corrected chi connectivity index (χ1v) is 7.78. The Morgan fingerprint density at radius 2 is 1.30 bits per heavy atom. The van der Waals surface area contributed by atoms with Gasteiger partial charge in [0.05, 0.1) is 0 Å². The van der Waals surface area contributed by atoms with E-state index in [9.17, 15) is 26.3 Å². The smallest absolute Gasteiger partial charge is 0.194 e. The number of halogens is 6. The summed E-state index contributed by atoms with van der Waals surface area (Å²) in [7, 11) is 0. The molecule has 0 saturated carbocycles. The predicted octanol–water partition coefficient (Wildman–Crippen LogP) is 6.08. The summed E-state index contributed by atoms with van der Waals surface area (Å²) >= 11 is 0.